The molecule has 1 heterocycles. The highest BCUT2D eigenvalue weighted by molar-refractivity contribution is 5.93. The van der Waals surface area contributed by atoms with Crippen LogP contribution in [0.25, 0.3) is 5.69 Å². The van der Waals surface area contributed by atoms with Crippen LogP contribution in [0.15, 0.2) is 60.9 Å². The van der Waals surface area contributed by atoms with Gasteiger partial charge in [0.2, 0.25) is 0 Å². The van der Waals surface area contributed by atoms with Gasteiger partial charge in [0.25, 0.3) is 5.91 Å². The van der Waals surface area contributed by atoms with Crippen molar-refractivity contribution in [2.45, 2.75) is 13.0 Å². The molecule has 0 unspecified atom stereocenters. The zero-order chi connectivity index (χ0) is 19.9. The van der Waals surface area contributed by atoms with Crippen LogP contribution in [0.5, 0.6) is 11.5 Å². The molecule has 146 valence electrons. The van der Waals surface area contributed by atoms with Crippen molar-refractivity contribution in [2.75, 3.05) is 13.7 Å². The van der Waals surface area contributed by atoms with Crippen molar-refractivity contribution in [3.63, 3.8) is 0 Å². The summed E-state index contributed by atoms with van der Waals surface area (Å²) in [5, 5.41) is 7.01. The minimum Gasteiger partial charge on any atom is -0.493 e. The van der Waals surface area contributed by atoms with Crippen molar-refractivity contribution in [1.29, 1.82) is 0 Å². The van der Waals surface area contributed by atoms with E-state index in [1.807, 2.05) is 30.3 Å². The Bertz CT molecular complexity index is 929. The van der Waals surface area contributed by atoms with E-state index in [0.717, 1.165) is 11.3 Å². The number of carbonyl (C=O) groups excluding carboxylic acids is 1. The van der Waals surface area contributed by atoms with Crippen LogP contribution in [0.3, 0.4) is 0 Å². The molecule has 1 aromatic heterocycles. The first-order valence-electron chi connectivity index (χ1n) is 8.57. The monoisotopic (exact) mass is 387 g/mol. The third-order valence-electron chi connectivity index (χ3n) is 4.01. The van der Waals surface area contributed by atoms with E-state index in [9.17, 15) is 13.6 Å². The number of alkyl halides is 2. The molecule has 0 fully saturated rings. The number of para-hydroxylation sites is 1. The molecule has 28 heavy (non-hydrogen) atoms. The zero-order valence-corrected chi connectivity index (χ0v) is 15.1. The minimum atomic E-state index is -2.92. The Labute approximate surface area is 160 Å². The van der Waals surface area contributed by atoms with Crippen molar-refractivity contribution in [3.8, 4) is 17.2 Å². The number of methoxy groups -OCH3 is 1. The molecule has 3 rings (SSSR count). The molecule has 0 saturated heterocycles. The van der Waals surface area contributed by atoms with Crippen LogP contribution in [0.1, 0.15) is 15.9 Å². The molecule has 0 radical (unpaired) electrons. The van der Waals surface area contributed by atoms with Crippen molar-refractivity contribution >= 4 is 5.91 Å². The summed E-state index contributed by atoms with van der Waals surface area (Å²) in [5.74, 6) is -0.0568. The Kier molecular flexibility index (Phi) is 6.21. The maximum atomic E-state index is 12.4. The van der Waals surface area contributed by atoms with E-state index < -0.39 is 6.61 Å². The molecule has 8 heteroatoms. The SMILES string of the molecule is COc1cc(CCNC(=O)c2cnn(-c3ccccc3)c2)ccc1OC(F)F. The molecule has 2 aromatic carbocycles. The molecular formula is C20H19F2N3O3. The van der Waals surface area contributed by atoms with E-state index >= 15 is 0 Å². The first-order valence-corrected chi connectivity index (χ1v) is 8.57. The summed E-state index contributed by atoms with van der Waals surface area (Å²) in [5.41, 5.74) is 2.13. The summed E-state index contributed by atoms with van der Waals surface area (Å²) in [6, 6.07) is 14.2. The number of aromatic nitrogens is 2. The van der Waals surface area contributed by atoms with Crippen LogP contribution < -0.4 is 14.8 Å². The van der Waals surface area contributed by atoms with Crippen molar-refractivity contribution < 1.29 is 23.0 Å². The Balaban J connectivity index is 1.56. The molecule has 0 bridgehead atoms. The lowest BCUT2D eigenvalue weighted by molar-refractivity contribution is -0.0512. The van der Waals surface area contributed by atoms with E-state index in [2.05, 4.69) is 15.2 Å². The number of ether oxygens (including phenoxy) is 2. The second-order valence-electron chi connectivity index (χ2n) is 5.88. The van der Waals surface area contributed by atoms with Gasteiger partial charge in [0.1, 0.15) is 0 Å². The number of halogens is 2. The smallest absolute Gasteiger partial charge is 0.387 e. The van der Waals surface area contributed by atoms with Crippen molar-refractivity contribution in [1.82, 2.24) is 15.1 Å². The Morgan fingerprint density at radius 2 is 1.96 bits per heavy atom. The fourth-order valence-corrected chi connectivity index (χ4v) is 2.65. The number of hydrogen-bond donors (Lipinski definition) is 1. The normalized spacial score (nSPS) is 10.7. The average molecular weight is 387 g/mol. The molecule has 3 aromatic rings. The quantitative estimate of drug-likeness (QED) is 0.643. The van der Waals surface area contributed by atoms with Gasteiger partial charge in [-0.15, -0.1) is 0 Å². The fourth-order valence-electron chi connectivity index (χ4n) is 2.65. The number of benzene rings is 2. The Hall–Kier alpha value is -3.42. The van der Waals surface area contributed by atoms with Crippen LogP contribution in [0.2, 0.25) is 0 Å². The van der Waals surface area contributed by atoms with E-state index in [4.69, 9.17) is 4.74 Å². The maximum Gasteiger partial charge on any atom is 0.387 e. The summed E-state index contributed by atoms with van der Waals surface area (Å²) in [7, 11) is 1.38. The largest absolute Gasteiger partial charge is 0.493 e. The number of carbonyl (C=O) groups is 1. The van der Waals surface area contributed by atoms with Gasteiger partial charge in [-0.25, -0.2) is 4.68 Å². The van der Waals surface area contributed by atoms with Gasteiger partial charge in [-0.05, 0) is 36.2 Å². The molecule has 0 saturated carbocycles. The van der Waals surface area contributed by atoms with E-state index in [1.165, 1.54) is 19.4 Å². The molecular weight excluding hydrogens is 368 g/mol. The number of nitrogens with zero attached hydrogens (tertiary/aromatic N) is 2. The lowest BCUT2D eigenvalue weighted by Crippen LogP contribution is -2.25. The van der Waals surface area contributed by atoms with Gasteiger partial charge in [-0.2, -0.15) is 13.9 Å². The van der Waals surface area contributed by atoms with Gasteiger partial charge in [0, 0.05) is 12.7 Å². The van der Waals surface area contributed by atoms with Crippen LogP contribution in [-0.4, -0.2) is 36.0 Å². The molecule has 0 aliphatic heterocycles. The molecule has 0 atom stereocenters. The van der Waals surface area contributed by atoms with E-state index in [1.54, 1.807) is 23.0 Å². The lowest BCUT2D eigenvalue weighted by atomic mass is 10.1. The topological polar surface area (TPSA) is 65.4 Å². The Morgan fingerprint density at radius 1 is 1.18 bits per heavy atom. The van der Waals surface area contributed by atoms with Crippen LogP contribution in [0.4, 0.5) is 8.78 Å². The Morgan fingerprint density at radius 3 is 2.68 bits per heavy atom. The minimum absolute atomic E-state index is 0.0291. The van der Waals surface area contributed by atoms with E-state index in [-0.39, 0.29) is 17.4 Å². The van der Waals surface area contributed by atoms with Crippen LogP contribution >= 0.6 is 0 Å². The highest BCUT2D eigenvalue weighted by atomic mass is 19.3. The molecule has 1 N–H and O–H groups in total. The number of nitrogens with one attached hydrogen (secondary N) is 1. The first-order chi connectivity index (χ1) is 13.6. The van der Waals surface area contributed by atoms with Crippen molar-refractivity contribution in [2.24, 2.45) is 0 Å². The molecule has 0 spiro atoms. The maximum absolute atomic E-state index is 12.4. The fraction of sp³-hybridized carbons (Fsp3) is 0.200. The van der Waals surface area contributed by atoms with Gasteiger partial charge >= 0.3 is 6.61 Å². The zero-order valence-electron chi connectivity index (χ0n) is 15.1. The summed E-state index contributed by atoms with van der Waals surface area (Å²) >= 11 is 0. The number of amides is 1. The second kappa shape index (κ2) is 8.98. The predicted octanol–water partition coefficient (Wildman–Crippen LogP) is 3.45. The molecule has 0 aliphatic carbocycles. The predicted molar refractivity (Wildman–Crippen MR) is 99.2 cm³/mol. The number of hydrogen-bond acceptors (Lipinski definition) is 4. The lowest BCUT2D eigenvalue weighted by Gasteiger charge is -2.11. The highest BCUT2D eigenvalue weighted by Gasteiger charge is 2.12. The first kappa shape index (κ1) is 19.3. The highest BCUT2D eigenvalue weighted by Crippen LogP contribution is 2.29. The third kappa shape index (κ3) is 4.85. The summed E-state index contributed by atoms with van der Waals surface area (Å²) in [6.07, 6.45) is 3.66. The standard InChI is InChI=1S/C20H19F2N3O3/c1-27-18-11-14(7-8-17(18)28-20(21)22)9-10-23-19(26)15-12-24-25(13-15)16-5-3-2-4-6-16/h2-8,11-13,20H,9-10H2,1H3,(H,23,26). The second-order valence-corrected chi connectivity index (χ2v) is 5.88. The van der Waals surface area contributed by atoms with Gasteiger partial charge in [0.05, 0.1) is 24.6 Å². The van der Waals surface area contributed by atoms with Gasteiger partial charge in [0.15, 0.2) is 11.5 Å². The molecule has 1 amide bonds. The van der Waals surface area contributed by atoms with E-state index in [0.29, 0.717) is 18.5 Å². The summed E-state index contributed by atoms with van der Waals surface area (Å²) in [4.78, 5) is 12.3. The van der Waals surface area contributed by atoms with Gasteiger partial charge in [-0.3, -0.25) is 4.79 Å². The average Bonchev–Trinajstić information content (AvgIpc) is 3.19. The van der Waals surface area contributed by atoms with Gasteiger partial charge in [-0.1, -0.05) is 24.3 Å². The number of rotatable bonds is 8. The van der Waals surface area contributed by atoms with Gasteiger partial charge < -0.3 is 14.8 Å². The van der Waals surface area contributed by atoms with Crippen molar-refractivity contribution in [3.05, 3.63) is 72.1 Å². The van der Waals surface area contributed by atoms with Crippen LogP contribution in [-0.2, 0) is 6.42 Å². The molecule has 6 nitrogen and oxygen atoms in total. The molecule has 0 aliphatic rings. The summed E-state index contributed by atoms with van der Waals surface area (Å²) < 4.78 is 35.8. The third-order valence-corrected chi connectivity index (χ3v) is 4.01. The van der Waals surface area contributed by atoms with Crippen LogP contribution in [0, 0.1) is 0 Å². The summed E-state index contributed by atoms with van der Waals surface area (Å²) in [6.45, 7) is -2.55.